The zero-order chi connectivity index (χ0) is 15.1. The Bertz CT molecular complexity index is 572. The van der Waals surface area contributed by atoms with Gasteiger partial charge in [-0.15, -0.1) is 0 Å². The smallest absolute Gasteiger partial charge is 0.124 e. The van der Waals surface area contributed by atoms with Crippen LogP contribution in [0.2, 0.25) is 5.02 Å². The molecule has 0 unspecified atom stereocenters. The Labute approximate surface area is 129 Å². The standard InChI is InChI=1S/C17H19ClFNO/c1-2-9-20-11-13-3-7-16(8-4-13)21-12-14-5-6-15(19)10-17(14)18/h3-8,10,20H,2,9,11-12H2,1H3. The molecule has 2 aromatic rings. The van der Waals surface area contributed by atoms with Crippen LogP contribution in [0.3, 0.4) is 0 Å². The lowest BCUT2D eigenvalue weighted by Gasteiger charge is -2.09. The Balaban J connectivity index is 1.88. The first-order valence-electron chi connectivity index (χ1n) is 7.05. The molecule has 1 N–H and O–H groups in total. The molecule has 0 radical (unpaired) electrons. The van der Waals surface area contributed by atoms with Gasteiger partial charge in [-0.25, -0.2) is 4.39 Å². The Morgan fingerprint density at radius 3 is 2.57 bits per heavy atom. The number of halogens is 2. The highest BCUT2D eigenvalue weighted by atomic mass is 35.5. The molecule has 0 bridgehead atoms. The van der Waals surface area contributed by atoms with Gasteiger partial charge in [0, 0.05) is 12.1 Å². The van der Waals surface area contributed by atoms with Gasteiger partial charge in [-0.05, 0) is 42.8 Å². The molecule has 0 amide bonds. The van der Waals surface area contributed by atoms with Crippen molar-refractivity contribution >= 4 is 11.6 Å². The van der Waals surface area contributed by atoms with E-state index in [0.717, 1.165) is 30.8 Å². The van der Waals surface area contributed by atoms with E-state index < -0.39 is 0 Å². The molecule has 0 aliphatic heterocycles. The number of hydrogen-bond donors (Lipinski definition) is 1. The number of nitrogens with one attached hydrogen (secondary N) is 1. The van der Waals surface area contributed by atoms with Crippen molar-refractivity contribution in [1.29, 1.82) is 0 Å². The van der Waals surface area contributed by atoms with Gasteiger partial charge < -0.3 is 10.1 Å². The first kappa shape index (κ1) is 15.8. The van der Waals surface area contributed by atoms with Crippen LogP contribution in [0.15, 0.2) is 42.5 Å². The van der Waals surface area contributed by atoms with Gasteiger partial charge in [-0.2, -0.15) is 0 Å². The van der Waals surface area contributed by atoms with Crippen LogP contribution in [0.5, 0.6) is 5.75 Å². The Hall–Kier alpha value is -1.58. The fourth-order valence-electron chi connectivity index (χ4n) is 1.91. The Kier molecular flexibility index (Phi) is 6.03. The van der Waals surface area contributed by atoms with Gasteiger partial charge in [0.25, 0.3) is 0 Å². The quantitative estimate of drug-likeness (QED) is 0.757. The molecule has 0 saturated carbocycles. The maximum absolute atomic E-state index is 13.0. The largest absolute Gasteiger partial charge is 0.489 e. The second-order valence-corrected chi connectivity index (χ2v) is 5.25. The fraction of sp³-hybridized carbons (Fsp3) is 0.294. The van der Waals surface area contributed by atoms with E-state index in [0.29, 0.717) is 11.6 Å². The molecule has 4 heteroatoms. The summed E-state index contributed by atoms with van der Waals surface area (Å²) >= 11 is 5.96. The van der Waals surface area contributed by atoms with E-state index in [1.54, 1.807) is 6.07 Å². The van der Waals surface area contributed by atoms with Crippen molar-refractivity contribution in [2.45, 2.75) is 26.5 Å². The van der Waals surface area contributed by atoms with Crippen molar-refractivity contribution in [3.63, 3.8) is 0 Å². The molecule has 0 heterocycles. The SMILES string of the molecule is CCCNCc1ccc(OCc2ccc(F)cc2Cl)cc1. The lowest BCUT2D eigenvalue weighted by atomic mass is 10.2. The van der Waals surface area contributed by atoms with Crippen molar-refractivity contribution in [2.24, 2.45) is 0 Å². The molecule has 112 valence electrons. The second-order valence-electron chi connectivity index (χ2n) is 4.85. The monoisotopic (exact) mass is 307 g/mol. The molecule has 0 spiro atoms. The van der Waals surface area contributed by atoms with Crippen LogP contribution < -0.4 is 10.1 Å². The van der Waals surface area contributed by atoms with E-state index in [9.17, 15) is 4.39 Å². The number of hydrogen-bond acceptors (Lipinski definition) is 2. The zero-order valence-electron chi connectivity index (χ0n) is 12.0. The summed E-state index contributed by atoms with van der Waals surface area (Å²) in [5.74, 6) is 0.433. The summed E-state index contributed by atoms with van der Waals surface area (Å²) < 4.78 is 18.6. The van der Waals surface area contributed by atoms with Crippen LogP contribution >= 0.6 is 11.6 Å². The highest BCUT2D eigenvalue weighted by molar-refractivity contribution is 6.31. The van der Waals surface area contributed by atoms with E-state index in [1.165, 1.54) is 17.7 Å². The molecule has 0 aromatic heterocycles. The molecular formula is C17H19ClFNO. The van der Waals surface area contributed by atoms with Crippen molar-refractivity contribution in [1.82, 2.24) is 5.32 Å². The second kappa shape index (κ2) is 8.01. The molecule has 0 fully saturated rings. The van der Waals surface area contributed by atoms with Crippen molar-refractivity contribution < 1.29 is 9.13 Å². The summed E-state index contributed by atoms with van der Waals surface area (Å²) in [4.78, 5) is 0. The molecule has 2 aromatic carbocycles. The van der Waals surface area contributed by atoms with E-state index in [1.807, 2.05) is 24.3 Å². The predicted molar refractivity (Wildman–Crippen MR) is 84.2 cm³/mol. The predicted octanol–water partition coefficient (Wildman–Crippen LogP) is 4.56. The molecule has 0 saturated heterocycles. The summed E-state index contributed by atoms with van der Waals surface area (Å²) in [6, 6.07) is 12.2. The summed E-state index contributed by atoms with van der Waals surface area (Å²) in [6.45, 7) is 4.34. The van der Waals surface area contributed by atoms with Gasteiger partial charge in [0.2, 0.25) is 0 Å². The van der Waals surface area contributed by atoms with E-state index in [4.69, 9.17) is 16.3 Å². The van der Waals surface area contributed by atoms with Crippen LogP contribution in [-0.2, 0) is 13.2 Å². The van der Waals surface area contributed by atoms with Gasteiger partial charge >= 0.3 is 0 Å². The molecular weight excluding hydrogens is 289 g/mol. The molecule has 0 aliphatic rings. The average Bonchev–Trinajstić information content (AvgIpc) is 2.48. The van der Waals surface area contributed by atoms with Gasteiger partial charge in [-0.3, -0.25) is 0 Å². The van der Waals surface area contributed by atoms with E-state index in [-0.39, 0.29) is 5.82 Å². The summed E-state index contributed by atoms with van der Waals surface area (Å²) in [5, 5.41) is 3.73. The van der Waals surface area contributed by atoms with Crippen molar-refractivity contribution in [3.8, 4) is 5.75 Å². The van der Waals surface area contributed by atoms with Gasteiger partial charge in [0.1, 0.15) is 18.2 Å². The first-order valence-corrected chi connectivity index (χ1v) is 7.43. The summed E-state index contributed by atoms with van der Waals surface area (Å²) in [7, 11) is 0. The third kappa shape index (κ3) is 5.03. The zero-order valence-corrected chi connectivity index (χ0v) is 12.8. The summed E-state index contributed by atoms with van der Waals surface area (Å²) in [5.41, 5.74) is 1.99. The fourth-order valence-corrected chi connectivity index (χ4v) is 2.13. The van der Waals surface area contributed by atoms with Crippen LogP contribution in [-0.4, -0.2) is 6.54 Å². The minimum atomic E-state index is -0.340. The topological polar surface area (TPSA) is 21.3 Å². The maximum atomic E-state index is 13.0. The maximum Gasteiger partial charge on any atom is 0.124 e. The normalized spacial score (nSPS) is 10.6. The number of ether oxygens (including phenoxy) is 1. The third-order valence-electron chi connectivity index (χ3n) is 3.09. The molecule has 21 heavy (non-hydrogen) atoms. The van der Waals surface area contributed by atoms with Crippen molar-refractivity contribution in [3.05, 3.63) is 64.4 Å². The molecule has 0 atom stereocenters. The highest BCUT2D eigenvalue weighted by Gasteiger charge is 2.03. The molecule has 0 aliphatic carbocycles. The first-order chi connectivity index (χ1) is 10.2. The minimum Gasteiger partial charge on any atom is -0.489 e. The molecule has 2 nitrogen and oxygen atoms in total. The average molecular weight is 308 g/mol. The van der Waals surface area contributed by atoms with Crippen LogP contribution in [0, 0.1) is 5.82 Å². The van der Waals surface area contributed by atoms with Crippen LogP contribution in [0.4, 0.5) is 4.39 Å². The number of benzene rings is 2. The third-order valence-corrected chi connectivity index (χ3v) is 3.44. The molecule has 2 rings (SSSR count). The van der Waals surface area contributed by atoms with Crippen molar-refractivity contribution in [2.75, 3.05) is 6.54 Å². The van der Waals surface area contributed by atoms with Crippen LogP contribution in [0.1, 0.15) is 24.5 Å². The lowest BCUT2D eigenvalue weighted by Crippen LogP contribution is -2.13. The Morgan fingerprint density at radius 1 is 1.14 bits per heavy atom. The van der Waals surface area contributed by atoms with Gasteiger partial charge in [-0.1, -0.05) is 36.7 Å². The van der Waals surface area contributed by atoms with Crippen LogP contribution in [0.25, 0.3) is 0 Å². The Morgan fingerprint density at radius 2 is 1.90 bits per heavy atom. The number of rotatable bonds is 7. The minimum absolute atomic E-state index is 0.326. The van der Waals surface area contributed by atoms with Gasteiger partial charge in [0.05, 0.1) is 5.02 Å². The van der Waals surface area contributed by atoms with E-state index >= 15 is 0 Å². The summed E-state index contributed by atoms with van der Waals surface area (Å²) in [6.07, 6.45) is 1.12. The lowest BCUT2D eigenvalue weighted by molar-refractivity contribution is 0.306. The van der Waals surface area contributed by atoms with E-state index in [2.05, 4.69) is 12.2 Å². The highest BCUT2D eigenvalue weighted by Crippen LogP contribution is 2.20. The van der Waals surface area contributed by atoms with Gasteiger partial charge in [0.15, 0.2) is 0 Å².